The minimum absolute atomic E-state index is 0.108. The molecule has 0 atom stereocenters. The monoisotopic (exact) mass is 329 g/mol. The fourth-order valence-corrected chi connectivity index (χ4v) is 2.50. The van der Waals surface area contributed by atoms with Crippen LogP contribution in [0.15, 0.2) is 45.9 Å². The molecule has 0 unspecified atom stereocenters. The normalized spacial score (nSPS) is 14.1. The molecule has 0 spiro atoms. The number of fused-ring (bicyclic) bond motifs is 1. The second-order valence-corrected chi connectivity index (χ2v) is 5.48. The summed E-state index contributed by atoms with van der Waals surface area (Å²) in [5, 5.41) is 2.86. The zero-order valence-corrected chi connectivity index (χ0v) is 12.4. The van der Waals surface area contributed by atoms with Gasteiger partial charge in [0.25, 0.3) is 0 Å². The van der Waals surface area contributed by atoms with E-state index in [9.17, 15) is 4.79 Å². The molecular formula is C15H12BrN3O. The highest BCUT2D eigenvalue weighted by molar-refractivity contribution is 9.10. The highest BCUT2D eigenvalue weighted by Crippen LogP contribution is 2.25. The molecule has 1 aliphatic heterocycles. The van der Waals surface area contributed by atoms with Crippen LogP contribution in [0.25, 0.3) is 0 Å². The number of carbonyl (C=O) groups excluding carboxylic acids is 1. The number of aliphatic imine (C=N–C) groups is 1. The Morgan fingerprint density at radius 1 is 1.25 bits per heavy atom. The van der Waals surface area contributed by atoms with Crippen LogP contribution < -0.4 is 5.32 Å². The zero-order valence-electron chi connectivity index (χ0n) is 10.9. The summed E-state index contributed by atoms with van der Waals surface area (Å²) in [5.74, 6) is -0.115. The Morgan fingerprint density at radius 2 is 2.10 bits per heavy atom. The maximum absolute atomic E-state index is 11.7. The number of anilines is 1. The number of rotatable bonds is 1. The second-order valence-electron chi connectivity index (χ2n) is 4.57. The van der Waals surface area contributed by atoms with E-state index in [0.29, 0.717) is 0 Å². The van der Waals surface area contributed by atoms with Gasteiger partial charge in [0.05, 0.1) is 17.1 Å². The van der Waals surface area contributed by atoms with E-state index in [0.717, 1.165) is 32.8 Å². The molecule has 3 rings (SSSR count). The van der Waals surface area contributed by atoms with Gasteiger partial charge >= 0.3 is 0 Å². The lowest BCUT2D eigenvalue weighted by Gasteiger charge is -2.10. The summed E-state index contributed by atoms with van der Waals surface area (Å²) in [7, 11) is 0. The molecular weight excluding hydrogens is 318 g/mol. The molecule has 0 radical (unpaired) electrons. The van der Waals surface area contributed by atoms with E-state index in [-0.39, 0.29) is 12.5 Å². The van der Waals surface area contributed by atoms with E-state index >= 15 is 0 Å². The Balaban J connectivity index is 2.20. The van der Waals surface area contributed by atoms with E-state index in [1.807, 2.05) is 43.3 Å². The smallest absolute Gasteiger partial charge is 0.246 e. The average Bonchev–Trinajstić information content (AvgIpc) is 2.57. The number of aromatic nitrogens is 1. The molecule has 5 heteroatoms. The van der Waals surface area contributed by atoms with Crippen LogP contribution in [0, 0.1) is 6.92 Å². The summed E-state index contributed by atoms with van der Waals surface area (Å²) in [6, 6.07) is 11.5. The number of amides is 1. The maximum Gasteiger partial charge on any atom is 0.246 e. The molecule has 0 saturated carbocycles. The molecule has 0 saturated heterocycles. The van der Waals surface area contributed by atoms with Crippen LogP contribution in [0.5, 0.6) is 0 Å². The predicted molar refractivity (Wildman–Crippen MR) is 82.3 cm³/mol. The van der Waals surface area contributed by atoms with Crippen molar-refractivity contribution in [3.05, 3.63) is 57.8 Å². The van der Waals surface area contributed by atoms with Crippen LogP contribution >= 0.6 is 15.9 Å². The fourth-order valence-electron chi connectivity index (χ4n) is 2.14. The van der Waals surface area contributed by atoms with Crippen LogP contribution in [0.1, 0.15) is 17.0 Å². The summed E-state index contributed by atoms with van der Waals surface area (Å²) >= 11 is 3.46. The van der Waals surface area contributed by atoms with Crippen molar-refractivity contribution in [2.24, 2.45) is 4.99 Å². The van der Waals surface area contributed by atoms with Gasteiger partial charge in [-0.1, -0.05) is 22.0 Å². The van der Waals surface area contributed by atoms with Crippen LogP contribution in [0.2, 0.25) is 0 Å². The quantitative estimate of drug-likeness (QED) is 0.874. The fraction of sp³-hybridized carbons (Fsp3) is 0.133. The summed E-state index contributed by atoms with van der Waals surface area (Å²) in [5.41, 5.74) is 4.08. The van der Waals surface area contributed by atoms with Crippen molar-refractivity contribution in [1.29, 1.82) is 0 Å². The van der Waals surface area contributed by atoms with Crippen LogP contribution in [-0.2, 0) is 4.79 Å². The highest BCUT2D eigenvalue weighted by Gasteiger charge is 2.19. The lowest BCUT2D eigenvalue weighted by molar-refractivity contribution is -0.114. The first kappa shape index (κ1) is 13.0. The number of nitrogens with one attached hydrogen (secondary N) is 1. The summed E-state index contributed by atoms with van der Waals surface area (Å²) in [6.45, 7) is 2.04. The standard InChI is InChI=1S/C15H12BrN3O/c1-9-3-2-4-13(18-9)15-11-7-10(16)5-6-12(11)19-14(20)8-17-15/h2-7H,8H2,1H3,(H,19,20). The van der Waals surface area contributed by atoms with E-state index in [4.69, 9.17) is 0 Å². The molecule has 2 heterocycles. The Kier molecular flexibility index (Phi) is 3.36. The van der Waals surface area contributed by atoms with E-state index in [1.165, 1.54) is 0 Å². The first-order chi connectivity index (χ1) is 9.63. The number of carbonyl (C=O) groups is 1. The van der Waals surface area contributed by atoms with Crippen LogP contribution in [0.4, 0.5) is 5.69 Å². The van der Waals surface area contributed by atoms with Crippen LogP contribution in [-0.4, -0.2) is 23.1 Å². The number of benzene rings is 1. The summed E-state index contributed by atoms with van der Waals surface area (Å²) < 4.78 is 0.938. The van der Waals surface area contributed by atoms with Gasteiger partial charge in [0, 0.05) is 15.7 Å². The topological polar surface area (TPSA) is 54.4 Å². The SMILES string of the molecule is Cc1cccc(C2=NCC(=O)Nc3ccc(Br)cc32)n1. The number of hydrogen-bond acceptors (Lipinski definition) is 3. The molecule has 0 fully saturated rings. The summed E-state index contributed by atoms with van der Waals surface area (Å²) in [4.78, 5) is 20.7. The van der Waals surface area contributed by atoms with E-state index < -0.39 is 0 Å². The van der Waals surface area contributed by atoms with Gasteiger partial charge in [-0.05, 0) is 37.3 Å². The van der Waals surface area contributed by atoms with Crippen molar-refractivity contribution in [3.63, 3.8) is 0 Å². The van der Waals surface area contributed by atoms with Crippen molar-refractivity contribution in [1.82, 2.24) is 4.98 Å². The molecule has 0 bridgehead atoms. The average molecular weight is 330 g/mol. The van der Waals surface area contributed by atoms with Crippen molar-refractivity contribution < 1.29 is 4.79 Å². The third-order valence-electron chi connectivity index (χ3n) is 3.02. The van der Waals surface area contributed by atoms with Gasteiger partial charge in [-0.2, -0.15) is 0 Å². The van der Waals surface area contributed by atoms with Gasteiger partial charge in [0.15, 0.2) is 0 Å². The molecule has 20 heavy (non-hydrogen) atoms. The Hall–Kier alpha value is -2.01. The van der Waals surface area contributed by atoms with Gasteiger partial charge in [-0.15, -0.1) is 0 Å². The molecule has 0 aliphatic carbocycles. The number of pyridine rings is 1. The highest BCUT2D eigenvalue weighted by atomic mass is 79.9. The number of halogens is 1. The van der Waals surface area contributed by atoms with E-state index in [2.05, 4.69) is 31.2 Å². The molecule has 100 valence electrons. The van der Waals surface area contributed by atoms with Crippen molar-refractivity contribution in [2.75, 3.05) is 11.9 Å². The van der Waals surface area contributed by atoms with E-state index in [1.54, 1.807) is 0 Å². The second kappa shape index (κ2) is 5.17. The van der Waals surface area contributed by atoms with Gasteiger partial charge in [0.1, 0.15) is 6.54 Å². The maximum atomic E-state index is 11.7. The zero-order chi connectivity index (χ0) is 14.1. The van der Waals surface area contributed by atoms with Gasteiger partial charge in [-0.3, -0.25) is 14.8 Å². The van der Waals surface area contributed by atoms with Gasteiger partial charge in [-0.25, -0.2) is 0 Å². The van der Waals surface area contributed by atoms with Crippen LogP contribution in [0.3, 0.4) is 0 Å². The lowest BCUT2D eigenvalue weighted by atomic mass is 10.0. The first-order valence-corrected chi connectivity index (χ1v) is 7.01. The third-order valence-corrected chi connectivity index (χ3v) is 3.52. The molecule has 1 aliphatic rings. The molecule has 2 aromatic rings. The number of nitrogens with zero attached hydrogens (tertiary/aromatic N) is 2. The molecule has 1 amide bonds. The Labute approximate surface area is 125 Å². The van der Waals surface area contributed by atoms with Gasteiger partial charge in [0.2, 0.25) is 5.91 Å². The largest absolute Gasteiger partial charge is 0.324 e. The molecule has 1 aromatic carbocycles. The molecule has 1 N–H and O–H groups in total. The van der Waals surface area contributed by atoms with Crippen molar-refractivity contribution >= 4 is 33.2 Å². The minimum Gasteiger partial charge on any atom is -0.324 e. The Morgan fingerprint density at radius 3 is 2.90 bits per heavy atom. The van der Waals surface area contributed by atoms with Crippen molar-refractivity contribution in [3.8, 4) is 0 Å². The predicted octanol–water partition coefficient (Wildman–Crippen LogP) is 2.94. The van der Waals surface area contributed by atoms with Gasteiger partial charge < -0.3 is 5.32 Å². The Bertz CT molecular complexity index is 725. The number of hydrogen-bond donors (Lipinski definition) is 1. The number of benzodiazepines with no additional fused rings is 1. The molecule has 4 nitrogen and oxygen atoms in total. The number of aryl methyl sites for hydroxylation is 1. The molecule has 1 aromatic heterocycles. The minimum atomic E-state index is -0.115. The summed E-state index contributed by atoms with van der Waals surface area (Å²) in [6.07, 6.45) is 0. The van der Waals surface area contributed by atoms with Crippen molar-refractivity contribution in [2.45, 2.75) is 6.92 Å². The third kappa shape index (κ3) is 2.49. The lowest BCUT2D eigenvalue weighted by Crippen LogP contribution is -2.13. The first-order valence-electron chi connectivity index (χ1n) is 6.22.